The monoisotopic (exact) mass is 361 g/mol. The molecule has 0 aliphatic carbocycles. The van der Waals surface area contributed by atoms with Crippen molar-refractivity contribution in [2.45, 2.75) is 6.92 Å². The van der Waals surface area contributed by atoms with Gasteiger partial charge in [-0.3, -0.25) is 9.59 Å². The number of amides is 2. The Labute approximate surface area is 153 Å². The summed E-state index contributed by atoms with van der Waals surface area (Å²) >= 11 is 0. The molecule has 0 radical (unpaired) electrons. The third-order valence-corrected chi connectivity index (χ3v) is 4.66. The van der Waals surface area contributed by atoms with Crippen LogP contribution in [0.3, 0.4) is 0 Å². The molecule has 4 rings (SSSR count). The molecular weight excluding hydrogens is 346 g/mol. The zero-order chi connectivity index (χ0) is 19.5. The van der Waals surface area contributed by atoms with Gasteiger partial charge in [-0.1, -0.05) is 6.07 Å². The van der Waals surface area contributed by atoms with E-state index in [0.717, 1.165) is 4.90 Å². The zero-order valence-corrected chi connectivity index (χ0v) is 14.3. The maximum atomic E-state index is 13.2. The van der Waals surface area contributed by atoms with Crippen molar-refractivity contribution in [3.8, 4) is 0 Å². The van der Waals surface area contributed by atoms with Gasteiger partial charge in [0.25, 0.3) is 11.8 Å². The molecule has 1 aliphatic rings. The highest BCUT2D eigenvalue weighted by molar-refractivity contribution is 6.36. The lowest BCUT2D eigenvalue weighted by Crippen LogP contribution is -2.41. The Kier molecular flexibility index (Phi) is 3.42. The summed E-state index contributed by atoms with van der Waals surface area (Å²) in [7, 11) is 0. The van der Waals surface area contributed by atoms with Gasteiger partial charge in [0.05, 0.1) is 22.4 Å². The summed E-state index contributed by atoms with van der Waals surface area (Å²) in [4.78, 5) is 38.6. The van der Waals surface area contributed by atoms with Crippen molar-refractivity contribution in [2.24, 2.45) is 0 Å². The number of nitrogens with two attached hydrogens (primary N) is 2. The van der Waals surface area contributed by atoms with Gasteiger partial charge >= 0.3 is 5.97 Å². The molecule has 1 heterocycles. The third kappa shape index (κ3) is 2.40. The molecule has 1 aliphatic heterocycles. The van der Waals surface area contributed by atoms with Crippen molar-refractivity contribution < 1.29 is 19.5 Å². The largest absolute Gasteiger partial charge is 0.478 e. The van der Waals surface area contributed by atoms with Gasteiger partial charge in [0.1, 0.15) is 0 Å². The fourth-order valence-electron chi connectivity index (χ4n) is 3.43. The van der Waals surface area contributed by atoms with Crippen LogP contribution in [-0.4, -0.2) is 22.9 Å². The molecule has 0 atom stereocenters. The van der Waals surface area contributed by atoms with Gasteiger partial charge in [-0.2, -0.15) is 0 Å². The number of anilines is 3. The van der Waals surface area contributed by atoms with Gasteiger partial charge in [-0.05, 0) is 54.3 Å². The van der Waals surface area contributed by atoms with Crippen LogP contribution in [0.15, 0.2) is 42.5 Å². The van der Waals surface area contributed by atoms with Crippen molar-refractivity contribution >= 4 is 45.6 Å². The minimum Gasteiger partial charge on any atom is -0.478 e. The number of hydrogen-bond donors (Lipinski definition) is 3. The Morgan fingerprint density at radius 3 is 2.00 bits per heavy atom. The van der Waals surface area contributed by atoms with Gasteiger partial charge in [0.2, 0.25) is 0 Å². The van der Waals surface area contributed by atoms with Crippen LogP contribution in [0.5, 0.6) is 0 Å². The second-order valence-electron chi connectivity index (χ2n) is 6.49. The van der Waals surface area contributed by atoms with Gasteiger partial charge < -0.3 is 16.6 Å². The molecule has 7 nitrogen and oxygen atoms in total. The molecule has 7 heteroatoms. The van der Waals surface area contributed by atoms with E-state index in [2.05, 4.69) is 0 Å². The number of hydrogen-bond acceptors (Lipinski definition) is 5. The van der Waals surface area contributed by atoms with Crippen LogP contribution < -0.4 is 16.4 Å². The second-order valence-corrected chi connectivity index (χ2v) is 6.49. The Morgan fingerprint density at radius 2 is 1.48 bits per heavy atom. The molecule has 5 N–H and O–H groups in total. The number of benzene rings is 3. The minimum atomic E-state index is -1.15. The van der Waals surface area contributed by atoms with Crippen LogP contribution in [-0.2, 0) is 0 Å². The van der Waals surface area contributed by atoms with Crippen LogP contribution in [0, 0.1) is 6.92 Å². The van der Waals surface area contributed by atoms with Gasteiger partial charge in [0.15, 0.2) is 0 Å². The van der Waals surface area contributed by atoms with E-state index >= 15 is 0 Å². The van der Waals surface area contributed by atoms with E-state index in [1.165, 1.54) is 24.3 Å². The van der Waals surface area contributed by atoms with E-state index in [4.69, 9.17) is 11.5 Å². The fourth-order valence-corrected chi connectivity index (χ4v) is 3.43. The molecule has 134 valence electrons. The average Bonchev–Trinajstić information content (AvgIpc) is 2.60. The number of nitrogen functional groups attached to an aromatic ring is 2. The number of carbonyl (C=O) groups is 3. The molecule has 0 saturated carbocycles. The first-order valence-electron chi connectivity index (χ1n) is 8.13. The van der Waals surface area contributed by atoms with Crippen LogP contribution in [0.1, 0.15) is 36.6 Å². The van der Waals surface area contributed by atoms with E-state index in [1.54, 1.807) is 25.1 Å². The van der Waals surface area contributed by atoms with Crippen molar-refractivity contribution in [1.29, 1.82) is 0 Å². The number of carboxylic acids is 1. The molecule has 3 aromatic carbocycles. The Morgan fingerprint density at radius 1 is 0.926 bits per heavy atom. The van der Waals surface area contributed by atoms with Crippen LogP contribution >= 0.6 is 0 Å². The highest BCUT2D eigenvalue weighted by Crippen LogP contribution is 2.36. The first-order chi connectivity index (χ1) is 12.8. The predicted octanol–water partition coefficient (Wildman–Crippen LogP) is 2.81. The van der Waals surface area contributed by atoms with Gasteiger partial charge in [-0.15, -0.1) is 0 Å². The maximum Gasteiger partial charge on any atom is 0.335 e. The maximum absolute atomic E-state index is 13.2. The Hall–Kier alpha value is -3.87. The summed E-state index contributed by atoms with van der Waals surface area (Å²) < 4.78 is 0. The Balaban J connectivity index is 2.02. The molecule has 0 bridgehead atoms. The molecule has 0 aromatic heterocycles. The number of aromatic carboxylic acids is 1. The quantitative estimate of drug-likeness (QED) is 0.476. The normalized spacial score (nSPS) is 13.3. The summed E-state index contributed by atoms with van der Waals surface area (Å²) in [5.74, 6) is -2.26. The van der Waals surface area contributed by atoms with Crippen LogP contribution in [0.4, 0.5) is 17.1 Å². The average molecular weight is 361 g/mol. The molecule has 3 aromatic rings. The smallest absolute Gasteiger partial charge is 0.335 e. The summed E-state index contributed by atoms with van der Waals surface area (Å²) in [6, 6.07) is 10.6. The van der Waals surface area contributed by atoms with Crippen molar-refractivity contribution in [1.82, 2.24) is 0 Å². The first-order valence-corrected chi connectivity index (χ1v) is 8.13. The minimum absolute atomic E-state index is 0.0210. The highest BCUT2D eigenvalue weighted by Gasteiger charge is 2.35. The molecule has 27 heavy (non-hydrogen) atoms. The lowest BCUT2D eigenvalue weighted by atomic mass is 9.92. The van der Waals surface area contributed by atoms with E-state index in [1.807, 2.05) is 0 Å². The van der Waals surface area contributed by atoms with Crippen molar-refractivity contribution in [3.63, 3.8) is 0 Å². The standard InChI is InChI=1S/C20H15N3O4/c1-9-2-3-10(20(26)27)6-16(9)23-18(24)14-7-12(21)4-11-5-13(22)8-15(17(11)14)19(23)25/h2-8H,21-22H2,1H3,(H,26,27). The van der Waals surface area contributed by atoms with Gasteiger partial charge in [-0.25, -0.2) is 9.69 Å². The van der Waals surface area contributed by atoms with Gasteiger partial charge in [0, 0.05) is 16.8 Å². The van der Waals surface area contributed by atoms with E-state index < -0.39 is 17.8 Å². The van der Waals surface area contributed by atoms with E-state index in [-0.39, 0.29) is 22.4 Å². The second kappa shape index (κ2) is 5.57. The number of carbonyl (C=O) groups excluding carboxylic acids is 2. The van der Waals surface area contributed by atoms with E-state index in [0.29, 0.717) is 27.7 Å². The summed E-state index contributed by atoms with van der Waals surface area (Å²) in [5.41, 5.74) is 13.9. The van der Waals surface area contributed by atoms with Crippen molar-refractivity contribution in [2.75, 3.05) is 16.4 Å². The number of rotatable bonds is 2. The predicted molar refractivity (Wildman–Crippen MR) is 102 cm³/mol. The summed E-state index contributed by atoms with van der Waals surface area (Å²) in [6.07, 6.45) is 0. The van der Waals surface area contributed by atoms with Crippen molar-refractivity contribution in [3.05, 3.63) is 64.7 Å². The van der Waals surface area contributed by atoms with E-state index in [9.17, 15) is 19.5 Å². The first kappa shape index (κ1) is 16.6. The number of nitrogens with zero attached hydrogens (tertiary/aromatic N) is 1. The zero-order valence-electron chi connectivity index (χ0n) is 14.3. The molecule has 0 unspecified atom stereocenters. The highest BCUT2D eigenvalue weighted by atomic mass is 16.4. The lowest BCUT2D eigenvalue weighted by molar-refractivity contribution is 0.0695. The van der Waals surface area contributed by atoms with Crippen LogP contribution in [0.2, 0.25) is 0 Å². The summed E-state index contributed by atoms with van der Waals surface area (Å²) in [6.45, 7) is 1.70. The number of imide groups is 1. The topological polar surface area (TPSA) is 127 Å². The third-order valence-electron chi connectivity index (χ3n) is 4.66. The number of aryl methyl sites for hydroxylation is 1. The lowest BCUT2D eigenvalue weighted by Gasteiger charge is -2.29. The fraction of sp³-hybridized carbons (Fsp3) is 0.0500. The van der Waals surface area contributed by atoms with Crippen LogP contribution in [0.25, 0.3) is 10.8 Å². The summed E-state index contributed by atoms with van der Waals surface area (Å²) in [5, 5.41) is 10.4. The molecule has 0 fully saturated rings. The molecule has 0 spiro atoms. The molecule has 0 saturated heterocycles. The Bertz CT molecular complexity index is 1130. The molecular formula is C20H15N3O4. The molecule has 2 amide bonds. The SMILES string of the molecule is Cc1ccc(C(=O)O)cc1N1C(=O)c2cc(N)cc3cc(N)cc(c23)C1=O. The number of carboxylic acid groups (broad SMARTS) is 1.